The van der Waals surface area contributed by atoms with E-state index in [9.17, 15) is 4.79 Å². The fourth-order valence-electron chi connectivity index (χ4n) is 2.42. The number of ether oxygens (including phenoxy) is 1. The molecule has 4 heteroatoms. The summed E-state index contributed by atoms with van der Waals surface area (Å²) in [4.78, 5) is 13.9. The summed E-state index contributed by atoms with van der Waals surface area (Å²) in [7, 11) is 1.44. The molecule has 1 saturated heterocycles. The number of carbonyl (C=O) groups is 1. The highest BCUT2D eigenvalue weighted by atomic mass is 16.5. The van der Waals surface area contributed by atoms with Gasteiger partial charge in [-0.25, -0.2) is 0 Å². The largest absolute Gasteiger partial charge is 0.468 e. The average Bonchev–Trinajstić information content (AvgIpc) is 2.38. The molecule has 2 rings (SSSR count). The molecule has 1 aliphatic rings. The van der Waals surface area contributed by atoms with Crippen LogP contribution in [0.3, 0.4) is 0 Å². The van der Waals surface area contributed by atoms with Crippen LogP contribution in [0.5, 0.6) is 0 Å². The molecule has 1 heterocycles. The van der Waals surface area contributed by atoms with Crippen molar-refractivity contribution in [1.82, 2.24) is 10.2 Å². The van der Waals surface area contributed by atoms with Crippen LogP contribution in [0.25, 0.3) is 0 Å². The van der Waals surface area contributed by atoms with Crippen LogP contribution in [0, 0.1) is 0 Å². The number of hydrogen-bond donors (Lipinski definition) is 1. The highest BCUT2D eigenvalue weighted by Crippen LogP contribution is 2.10. The molecule has 0 aliphatic carbocycles. The Morgan fingerprint density at radius 3 is 2.78 bits per heavy atom. The minimum absolute atomic E-state index is 0.181. The van der Waals surface area contributed by atoms with Gasteiger partial charge in [-0.05, 0) is 12.5 Å². The monoisotopic (exact) mass is 248 g/mol. The number of esters is 1. The minimum atomic E-state index is -0.220. The molecule has 0 radical (unpaired) electrons. The second-order valence-electron chi connectivity index (χ2n) is 4.82. The first-order chi connectivity index (χ1) is 8.69. The number of methoxy groups -OCH3 is 1. The van der Waals surface area contributed by atoms with E-state index in [0.717, 1.165) is 13.1 Å². The van der Waals surface area contributed by atoms with E-state index in [2.05, 4.69) is 29.3 Å². The second kappa shape index (κ2) is 5.98. The topological polar surface area (TPSA) is 41.6 Å². The van der Waals surface area contributed by atoms with Crippen molar-refractivity contribution in [2.75, 3.05) is 20.2 Å². The molecule has 2 atom stereocenters. The van der Waals surface area contributed by atoms with Crippen LogP contribution in [-0.2, 0) is 16.1 Å². The number of hydrogen-bond acceptors (Lipinski definition) is 4. The van der Waals surface area contributed by atoms with Gasteiger partial charge >= 0.3 is 5.97 Å². The first-order valence-corrected chi connectivity index (χ1v) is 6.29. The fourth-order valence-corrected chi connectivity index (χ4v) is 2.42. The van der Waals surface area contributed by atoms with Crippen LogP contribution in [0.1, 0.15) is 12.5 Å². The zero-order chi connectivity index (χ0) is 13.0. The molecule has 1 aromatic carbocycles. The molecule has 0 bridgehead atoms. The van der Waals surface area contributed by atoms with Gasteiger partial charge in [0, 0.05) is 25.7 Å². The maximum atomic E-state index is 11.6. The summed E-state index contributed by atoms with van der Waals surface area (Å²) in [5.74, 6) is -0.181. The molecule has 4 nitrogen and oxygen atoms in total. The number of benzene rings is 1. The summed E-state index contributed by atoms with van der Waals surface area (Å²) in [5.41, 5.74) is 1.27. The molecular weight excluding hydrogens is 228 g/mol. The van der Waals surface area contributed by atoms with Crippen molar-refractivity contribution in [1.29, 1.82) is 0 Å². The lowest BCUT2D eigenvalue weighted by atomic mass is 10.1. The second-order valence-corrected chi connectivity index (χ2v) is 4.82. The predicted molar refractivity (Wildman–Crippen MR) is 70.1 cm³/mol. The Labute approximate surface area is 108 Å². The summed E-state index contributed by atoms with van der Waals surface area (Å²) in [6, 6.07) is 10.4. The molecule has 0 amide bonds. The molecule has 0 spiro atoms. The lowest BCUT2D eigenvalue weighted by Crippen LogP contribution is -2.58. The van der Waals surface area contributed by atoms with Crippen molar-refractivity contribution in [2.24, 2.45) is 0 Å². The smallest absolute Gasteiger partial charge is 0.324 e. The van der Waals surface area contributed by atoms with Crippen LogP contribution >= 0.6 is 0 Å². The Kier molecular flexibility index (Phi) is 4.33. The third-order valence-electron chi connectivity index (χ3n) is 3.19. The maximum absolute atomic E-state index is 11.6. The summed E-state index contributed by atoms with van der Waals surface area (Å²) in [6.07, 6.45) is 0. The Morgan fingerprint density at radius 2 is 2.11 bits per heavy atom. The van der Waals surface area contributed by atoms with Crippen molar-refractivity contribution >= 4 is 5.97 Å². The molecule has 0 aromatic heterocycles. The van der Waals surface area contributed by atoms with E-state index in [1.807, 2.05) is 18.2 Å². The van der Waals surface area contributed by atoms with E-state index < -0.39 is 0 Å². The van der Waals surface area contributed by atoms with Crippen LogP contribution in [-0.4, -0.2) is 43.2 Å². The van der Waals surface area contributed by atoms with Crippen LogP contribution in [0.15, 0.2) is 30.3 Å². The Morgan fingerprint density at radius 1 is 1.39 bits per heavy atom. The zero-order valence-corrected chi connectivity index (χ0v) is 10.9. The summed E-state index contributed by atoms with van der Waals surface area (Å²) < 4.78 is 4.81. The summed E-state index contributed by atoms with van der Waals surface area (Å²) in [6.45, 7) is 4.61. The van der Waals surface area contributed by atoms with Crippen molar-refractivity contribution in [3.63, 3.8) is 0 Å². The van der Waals surface area contributed by atoms with Crippen molar-refractivity contribution in [3.8, 4) is 0 Å². The van der Waals surface area contributed by atoms with Gasteiger partial charge in [0.15, 0.2) is 0 Å². The van der Waals surface area contributed by atoms with Gasteiger partial charge < -0.3 is 4.74 Å². The van der Waals surface area contributed by atoms with Gasteiger partial charge in [0.05, 0.1) is 7.11 Å². The SMILES string of the molecule is COC(=O)[C@H]1CN(Cc2ccccc2)C[C@@H](C)N1. The van der Waals surface area contributed by atoms with Gasteiger partial charge in [-0.2, -0.15) is 0 Å². The summed E-state index contributed by atoms with van der Waals surface area (Å²) in [5, 5.41) is 3.27. The van der Waals surface area contributed by atoms with E-state index in [-0.39, 0.29) is 12.0 Å². The molecular formula is C14H20N2O2. The van der Waals surface area contributed by atoms with Gasteiger partial charge in [0.25, 0.3) is 0 Å². The minimum Gasteiger partial charge on any atom is -0.468 e. The van der Waals surface area contributed by atoms with E-state index in [4.69, 9.17) is 4.74 Å². The lowest BCUT2D eigenvalue weighted by molar-refractivity contribution is -0.144. The van der Waals surface area contributed by atoms with Crippen LogP contribution < -0.4 is 5.32 Å². The van der Waals surface area contributed by atoms with Crippen molar-refractivity contribution in [3.05, 3.63) is 35.9 Å². The molecule has 0 saturated carbocycles. The Hall–Kier alpha value is -1.39. The van der Waals surface area contributed by atoms with Gasteiger partial charge in [-0.15, -0.1) is 0 Å². The molecule has 1 aliphatic heterocycles. The third-order valence-corrected chi connectivity index (χ3v) is 3.19. The first kappa shape index (κ1) is 13.1. The normalized spacial score (nSPS) is 24.8. The zero-order valence-electron chi connectivity index (χ0n) is 10.9. The van der Waals surface area contributed by atoms with Gasteiger partial charge in [-0.3, -0.25) is 15.0 Å². The number of nitrogens with zero attached hydrogens (tertiary/aromatic N) is 1. The van der Waals surface area contributed by atoms with E-state index in [0.29, 0.717) is 12.6 Å². The molecule has 1 N–H and O–H groups in total. The highest BCUT2D eigenvalue weighted by molar-refractivity contribution is 5.76. The van der Waals surface area contributed by atoms with Gasteiger partial charge in [0.2, 0.25) is 0 Å². The van der Waals surface area contributed by atoms with E-state index in [1.165, 1.54) is 12.7 Å². The molecule has 0 unspecified atom stereocenters. The summed E-state index contributed by atoms with van der Waals surface area (Å²) >= 11 is 0. The quantitative estimate of drug-likeness (QED) is 0.811. The number of nitrogens with one attached hydrogen (secondary N) is 1. The van der Waals surface area contributed by atoms with E-state index in [1.54, 1.807) is 0 Å². The number of carbonyl (C=O) groups excluding carboxylic acids is 1. The van der Waals surface area contributed by atoms with Crippen LogP contribution in [0.4, 0.5) is 0 Å². The average molecular weight is 248 g/mol. The van der Waals surface area contributed by atoms with Gasteiger partial charge in [-0.1, -0.05) is 30.3 Å². The van der Waals surface area contributed by atoms with Crippen LogP contribution in [0.2, 0.25) is 0 Å². The maximum Gasteiger partial charge on any atom is 0.324 e. The number of piperazine rings is 1. The standard InChI is InChI=1S/C14H20N2O2/c1-11-8-16(9-12-6-4-3-5-7-12)10-13(15-11)14(17)18-2/h3-7,11,13,15H,8-10H2,1-2H3/t11-,13-/m1/s1. The predicted octanol–water partition coefficient (Wildman–Crippen LogP) is 1.02. The molecule has 98 valence electrons. The molecule has 1 aromatic rings. The fraction of sp³-hybridized carbons (Fsp3) is 0.500. The van der Waals surface area contributed by atoms with Gasteiger partial charge in [0.1, 0.15) is 6.04 Å². The first-order valence-electron chi connectivity index (χ1n) is 6.29. The highest BCUT2D eigenvalue weighted by Gasteiger charge is 2.29. The molecule has 18 heavy (non-hydrogen) atoms. The van der Waals surface area contributed by atoms with Crippen molar-refractivity contribution < 1.29 is 9.53 Å². The van der Waals surface area contributed by atoms with Crippen molar-refractivity contribution in [2.45, 2.75) is 25.6 Å². The third kappa shape index (κ3) is 3.31. The lowest BCUT2D eigenvalue weighted by Gasteiger charge is -2.36. The van der Waals surface area contributed by atoms with E-state index >= 15 is 0 Å². The Bertz CT molecular complexity index is 394. The number of rotatable bonds is 3. The molecule has 1 fully saturated rings. The Balaban J connectivity index is 1.98.